The first-order chi connectivity index (χ1) is 9.86. The Labute approximate surface area is 125 Å². The predicted octanol–water partition coefficient (Wildman–Crippen LogP) is 3.74. The van der Waals surface area contributed by atoms with Crippen LogP contribution in [0.25, 0.3) is 0 Å². The summed E-state index contributed by atoms with van der Waals surface area (Å²) in [4.78, 5) is 22.9. The fourth-order valence-electron chi connectivity index (χ4n) is 1.72. The van der Waals surface area contributed by atoms with Gasteiger partial charge in [0.15, 0.2) is 0 Å². The van der Waals surface area contributed by atoms with Crippen LogP contribution in [0.3, 0.4) is 0 Å². The molecule has 108 valence electrons. The number of aryl methyl sites for hydroxylation is 1. The maximum absolute atomic E-state index is 13.4. The van der Waals surface area contributed by atoms with Gasteiger partial charge in [-0.25, -0.2) is 9.18 Å². The Kier molecular flexibility index (Phi) is 4.23. The molecule has 0 heterocycles. The van der Waals surface area contributed by atoms with Crippen molar-refractivity contribution in [1.29, 1.82) is 0 Å². The van der Waals surface area contributed by atoms with Crippen LogP contribution in [-0.2, 0) is 0 Å². The molecule has 0 radical (unpaired) electrons. The van der Waals surface area contributed by atoms with Crippen LogP contribution in [0.5, 0.6) is 0 Å². The molecule has 6 heteroatoms. The molecule has 0 bridgehead atoms. The molecule has 21 heavy (non-hydrogen) atoms. The van der Waals surface area contributed by atoms with E-state index in [1.165, 1.54) is 30.3 Å². The molecule has 0 atom stereocenters. The number of rotatable bonds is 3. The van der Waals surface area contributed by atoms with Crippen molar-refractivity contribution in [2.45, 2.75) is 6.92 Å². The van der Waals surface area contributed by atoms with E-state index in [1.807, 2.05) is 0 Å². The summed E-state index contributed by atoms with van der Waals surface area (Å²) in [5.41, 5.74) is 0.746. The lowest BCUT2D eigenvalue weighted by Gasteiger charge is -2.08. The van der Waals surface area contributed by atoms with Crippen LogP contribution in [0.4, 0.5) is 10.1 Å². The monoisotopic (exact) mass is 307 g/mol. The molecule has 0 aliphatic carbocycles. The highest BCUT2D eigenvalue weighted by Gasteiger charge is 2.11. The van der Waals surface area contributed by atoms with Gasteiger partial charge in [0.25, 0.3) is 5.91 Å². The van der Waals surface area contributed by atoms with Crippen molar-refractivity contribution in [2.24, 2.45) is 0 Å². The van der Waals surface area contributed by atoms with Gasteiger partial charge in [0, 0.05) is 16.3 Å². The van der Waals surface area contributed by atoms with E-state index in [1.54, 1.807) is 6.92 Å². The van der Waals surface area contributed by atoms with Crippen molar-refractivity contribution in [2.75, 3.05) is 5.32 Å². The number of amides is 1. The van der Waals surface area contributed by atoms with Crippen LogP contribution >= 0.6 is 11.6 Å². The number of halogens is 2. The van der Waals surface area contributed by atoms with Gasteiger partial charge in [0.05, 0.1) is 5.56 Å². The molecule has 1 amide bonds. The minimum Gasteiger partial charge on any atom is -0.478 e. The second-order valence-corrected chi connectivity index (χ2v) is 4.89. The Hall–Kier alpha value is -2.40. The summed E-state index contributed by atoms with van der Waals surface area (Å²) in [6.07, 6.45) is 0. The van der Waals surface area contributed by atoms with Gasteiger partial charge in [-0.1, -0.05) is 17.7 Å². The van der Waals surface area contributed by atoms with Crippen LogP contribution in [-0.4, -0.2) is 17.0 Å². The van der Waals surface area contributed by atoms with E-state index in [-0.39, 0.29) is 21.8 Å². The summed E-state index contributed by atoms with van der Waals surface area (Å²) in [5, 5.41) is 11.6. The van der Waals surface area contributed by atoms with E-state index in [2.05, 4.69) is 5.32 Å². The maximum Gasteiger partial charge on any atom is 0.335 e. The Morgan fingerprint density at radius 1 is 1.14 bits per heavy atom. The highest BCUT2D eigenvalue weighted by atomic mass is 35.5. The SMILES string of the molecule is Cc1ccc(C(=O)Nc2cc(Cl)cc(C(=O)O)c2)cc1F. The van der Waals surface area contributed by atoms with E-state index < -0.39 is 17.7 Å². The largest absolute Gasteiger partial charge is 0.478 e. The number of carbonyl (C=O) groups is 2. The van der Waals surface area contributed by atoms with Crippen molar-refractivity contribution >= 4 is 29.2 Å². The summed E-state index contributed by atoms with van der Waals surface area (Å²) in [6.45, 7) is 1.59. The molecular formula is C15H11ClFNO3. The van der Waals surface area contributed by atoms with Gasteiger partial charge in [0.1, 0.15) is 5.82 Å². The number of carbonyl (C=O) groups excluding carboxylic acids is 1. The summed E-state index contributed by atoms with van der Waals surface area (Å²) in [7, 11) is 0. The van der Waals surface area contributed by atoms with E-state index in [9.17, 15) is 14.0 Å². The number of nitrogens with one attached hydrogen (secondary N) is 1. The van der Waals surface area contributed by atoms with Crippen LogP contribution in [0.15, 0.2) is 36.4 Å². The normalized spacial score (nSPS) is 10.2. The summed E-state index contributed by atoms with van der Waals surface area (Å²) in [5.74, 6) is -2.19. The second-order valence-electron chi connectivity index (χ2n) is 4.45. The fourth-order valence-corrected chi connectivity index (χ4v) is 1.96. The summed E-state index contributed by atoms with van der Waals surface area (Å²) < 4.78 is 13.4. The third kappa shape index (κ3) is 3.58. The fraction of sp³-hybridized carbons (Fsp3) is 0.0667. The van der Waals surface area contributed by atoms with Gasteiger partial charge in [0.2, 0.25) is 0 Å². The van der Waals surface area contributed by atoms with Crippen molar-refractivity contribution < 1.29 is 19.1 Å². The number of aromatic carboxylic acids is 1. The van der Waals surface area contributed by atoms with Gasteiger partial charge >= 0.3 is 5.97 Å². The van der Waals surface area contributed by atoms with Gasteiger partial charge in [-0.2, -0.15) is 0 Å². The molecule has 0 fully saturated rings. The Morgan fingerprint density at radius 2 is 1.86 bits per heavy atom. The van der Waals surface area contributed by atoms with Crippen molar-refractivity contribution in [3.8, 4) is 0 Å². The zero-order chi connectivity index (χ0) is 15.6. The van der Waals surface area contributed by atoms with Crippen molar-refractivity contribution in [1.82, 2.24) is 0 Å². The van der Waals surface area contributed by atoms with E-state index in [0.717, 1.165) is 6.07 Å². The Morgan fingerprint density at radius 3 is 2.48 bits per heavy atom. The molecule has 2 rings (SSSR count). The van der Waals surface area contributed by atoms with Crippen LogP contribution < -0.4 is 5.32 Å². The Balaban J connectivity index is 2.27. The van der Waals surface area contributed by atoms with Gasteiger partial charge in [-0.05, 0) is 42.8 Å². The molecule has 0 unspecified atom stereocenters. The molecule has 0 aliphatic heterocycles. The van der Waals surface area contributed by atoms with Crippen molar-refractivity contribution in [3.63, 3.8) is 0 Å². The molecule has 2 N–H and O–H groups in total. The number of carboxylic acid groups (broad SMARTS) is 1. The van der Waals surface area contributed by atoms with Crippen LogP contribution in [0.2, 0.25) is 5.02 Å². The lowest BCUT2D eigenvalue weighted by Crippen LogP contribution is -2.13. The molecule has 4 nitrogen and oxygen atoms in total. The first kappa shape index (κ1) is 15.0. The van der Waals surface area contributed by atoms with Crippen LogP contribution in [0.1, 0.15) is 26.3 Å². The quantitative estimate of drug-likeness (QED) is 0.907. The smallest absolute Gasteiger partial charge is 0.335 e. The molecular weight excluding hydrogens is 297 g/mol. The third-order valence-corrected chi connectivity index (χ3v) is 3.05. The molecule has 0 aliphatic rings. The first-order valence-electron chi connectivity index (χ1n) is 5.98. The second kappa shape index (κ2) is 5.93. The van der Waals surface area contributed by atoms with E-state index >= 15 is 0 Å². The average Bonchev–Trinajstić information content (AvgIpc) is 2.41. The van der Waals surface area contributed by atoms with E-state index in [0.29, 0.717) is 5.56 Å². The molecule has 0 saturated heterocycles. The average molecular weight is 308 g/mol. The van der Waals surface area contributed by atoms with Gasteiger partial charge < -0.3 is 10.4 Å². The zero-order valence-corrected chi connectivity index (χ0v) is 11.7. The number of anilines is 1. The molecule has 2 aromatic rings. The minimum absolute atomic E-state index is 0.0483. The summed E-state index contributed by atoms with van der Waals surface area (Å²) >= 11 is 5.79. The number of hydrogen-bond donors (Lipinski definition) is 2. The number of carboxylic acids is 1. The predicted molar refractivity (Wildman–Crippen MR) is 77.5 cm³/mol. The lowest BCUT2D eigenvalue weighted by atomic mass is 10.1. The third-order valence-electron chi connectivity index (χ3n) is 2.84. The number of hydrogen-bond acceptors (Lipinski definition) is 2. The van der Waals surface area contributed by atoms with E-state index in [4.69, 9.17) is 16.7 Å². The zero-order valence-electron chi connectivity index (χ0n) is 11.0. The molecule has 0 spiro atoms. The van der Waals surface area contributed by atoms with Crippen molar-refractivity contribution in [3.05, 3.63) is 63.9 Å². The van der Waals surface area contributed by atoms with Crippen LogP contribution in [0, 0.1) is 12.7 Å². The van der Waals surface area contributed by atoms with Gasteiger partial charge in [-0.3, -0.25) is 4.79 Å². The first-order valence-corrected chi connectivity index (χ1v) is 6.36. The highest BCUT2D eigenvalue weighted by Crippen LogP contribution is 2.20. The number of benzene rings is 2. The summed E-state index contributed by atoms with van der Waals surface area (Å²) in [6, 6.07) is 8.05. The lowest BCUT2D eigenvalue weighted by molar-refractivity contribution is 0.0696. The highest BCUT2D eigenvalue weighted by molar-refractivity contribution is 6.31. The molecule has 0 saturated carbocycles. The van der Waals surface area contributed by atoms with Gasteiger partial charge in [-0.15, -0.1) is 0 Å². The molecule has 2 aromatic carbocycles. The standard InChI is InChI=1S/C15H11ClFNO3/c1-8-2-3-9(6-13(8)17)14(19)18-12-5-10(15(20)21)4-11(16)7-12/h2-7H,1H3,(H,18,19)(H,20,21). The Bertz CT molecular complexity index is 731. The molecule has 0 aromatic heterocycles. The minimum atomic E-state index is -1.16. The maximum atomic E-state index is 13.4. The topological polar surface area (TPSA) is 66.4 Å².